The van der Waals surface area contributed by atoms with Crippen LogP contribution in [0, 0.1) is 18.6 Å². The summed E-state index contributed by atoms with van der Waals surface area (Å²) in [5.41, 5.74) is 6.52. The molecule has 0 spiro atoms. The molecule has 2 nitrogen and oxygen atoms in total. The lowest BCUT2D eigenvalue weighted by molar-refractivity contribution is 0.0964. The molecule has 1 aromatic rings. The maximum atomic E-state index is 14.2. The number of rotatable bonds is 3. The Labute approximate surface area is 126 Å². The van der Waals surface area contributed by atoms with Crippen LogP contribution in [-0.2, 0) is 0 Å². The number of halogens is 2. The van der Waals surface area contributed by atoms with E-state index in [2.05, 4.69) is 4.90 Å². The third-order valence-electron chi connectivity index (χ3n) is 4.82. The molecule has 1 heterocycles. The monoisotopic (exact) mass is 296 g/mol. The SMILES string of the molecule is Cc1ccc(C(N)C(C)(C)N2CCCCCC2)c(F)c1F. The fraction of sp³-hybridized carbons (Fsp3) is 0.647. The van der Waals surface area contributed by atoms with Gasteiger partial charge in [-0.1, -0.05) is 25.0 Å². The van der Waals surface area contributed by atoms with Crippen molar-refractivity contribution in [3.8, 4) is 0 Å². The molecule has 0 bridgehead atoms. The summed E-state index contributed by atoms with van der Waals surface area (Å²) in [6, 6.07) is 2.68. The van der Waals surface area contributed by atoms with Crippen molar-refractivity contribution in [2.24, 2.45) is 5.73 Å². The van der Waals surface area contributed by atoms with Gasteiger partial charge in [-0.2, -0.15) is 0 Å². The second kappa shape index (κ2) is 6.41. The largest absolute Gasteiger partial charge is 0.322 e. The van der Waals surface area contributed by atoms with Gasteiger partial charge in [0.15, 0.2) is 11.6 Å². The molecule has 4 heteroatoms. The van der Waals surface area contributed by atoms with E-state index >= 15 is 0 Å². The van der Waals surface area contributed by atoms with Crippen LogP contribution in [0.3, 0.4) is 0 Å². The van der Waals surface area contributed by atoms with Crippen molar-refractivity contribution in [2.45, 2.75) is 58.0 Å². The summed E-state index contributed by atoms with van der Waals surface area (Å²) in [5.74, 6) is -1.58. The Hall–Kier alpha value is -1.00. The summed E-state index contributed by atoms with van der Waals surface area (Å²) in [4.78, 5) is 2.32. The van der Waals surface area contributed by atoms with Gasteiger partial charge in [-0.15, -0.1) is 0 Å². The normalized spacial score (nSPS) is 19.3. The first kappa shape index (κ1) is 16.4. The van der Waals surface area contributed by atoms with E-state index < -0.39 is 23.2 Å². The number of aryl methyl sites for hydroxylation is 1. The lowest BCUT2D eigenvalue weighted by Gasteiger charge is -2.42. The fourth-order valence-corrected chi connectivity index (χ4v) is 3.13. The Balaban J connectivity index is 2.28. The molecule has 0 saturated carbocycles. The van der Waals surface area contributed by atoms with E-state index in [1.165, 1.54) is 12.8 Å². The molecule has 1 saturated heterocycles. The van der Waals surface area contributed by atoms with Crippen molar-refractivity contribution >= 4 is 0 Å². The minimum absolute atomic E-state index is 0.271. The van der Waals surface area contributed by atoms with Gasteiger partial charge in [-0.25, -0.2) is 8.78 Å². The topological polar surface area (TPSA) is 29.3 Å². The van der Waals surface area contributed by atoms with Gasteiger partial charge in [0.25, 0.3) is 0 Å². The van der Waals surface area contributed by atoms with Gasteiger partial charge in [0, 0.05) is 11.1 Å². The highest BCUT2D eigenvalue weighted by molar-refractivity contribution is 5.29. The van der Waals surface area contributed by atoms with Gasteiger partial charge < -0.3 is 5.73 Å². The summed E-state index contributed by atoms with van der Waals surface area (Å²) in [6.45, 7) is 7.56. The molecule has 1 atom stereocenters. The smallest absolute Gasteiger partial charge is 0.163 e. The van der Waals surface area contributed by atoms with Crippen LogP contribution in [0.2, 0.25) is 0 Å². The molecule has 1 unspecified atom stereocenters. The first-order valence-corrected chi connectivity index (χ1v) is 7.81. The van der Waals surface area contributed by atoms with Crippen LogP contribution >= 0.6 is 0 Å². The predicted octanol–water partition coefficient (Wildman–Crippen LogP) is 3.93. The second-order valence-electron chi connectivity index (χ2n) is 6.63. The van der Waals surface area contributed by atoms with Gasteiger partial charge in [0.2, 0.25) is 0 Å². The maximum absolute atomic E-state index is 14.2. The third kappa shape index (κ3) is 3.27. The van der Waals surface area contributed by atoms with Crippen LogP contribution in [0.5, 0.6) is 0 Å². The lowest BCUT2D eigenvalue weighted by Crippen LogP contribution is -2.51. The van der Waals surface area contributed by atoms with Crippen LogP contribution in [0.4, 0.5) is 8.78 Å². The Morgan fingerprint density at radius 3 is 2.19 bits per heavy atom. The van der Waals surface area contributed by atoms with Crippen LogP contribution in [0.25, 0.3) is 0 Å². The van der Waals surface area contributed by atoms with Crippen molar-refractivity contribution in [3.05, 3.63) is 34.9 Å². The average Bonchev–Trinajstić information content (AvgIpc) is 2.74. The molecule has 1 fully saturated rings. The van der Waals surface area contributed by atoms with E-state index in [1.807, 2.05) is 13.8 Å². The van der Waals surface area contributed by atoms with E-state index in [4.69, 9.17) is 5.73 Å². The van der Waals surface area contributed by atoms with Crippen LogP contribution < -0.4 is 5.73 Å². The Morgan fingerprint density at radius 2 is 1.62 bits per heavy atom. The summed E-state index contributed by atoms with van der Waals surface area (Å²) in [6.07, 6.45) is 4.74. The van der Waals surface area contributed by atoms with Crippen molar-refractivity contribution in [1.29, 1.82) is 0 Å². The molecule has 1 aliphatic heterocycles. The van der Waals surface area contributed by atoms with Crippen LogP contribution in [0.15, 0.2) is 12.1 Å². The summed E-state index contributed by atoms with van der Waals surface area (Å²) < 4.78 is 28.0. The molecule has 0 amide bonds. The number of hydrogen-bond donors (Lipinski definition) is 1. The molecular weight excluding hydrogens is 270 g/mol. The lowest BCUT2D eigenvalue weighted by atomic mass is 9.86. The molecule has 2 N–H and O–H groups in total. The Kier molecular flexibility index (Phi) is 4.99. The molecular formula is C17H26F2N2. The van der Waals surface area contributed by atoms with E-state index in [1.54, 1.807) is 19.1 Å². The van der Waals surface area contributed by atoms with Crippen molar-refractivity contribution < 1.29 is 8.78 Å². The van der Waals surface area contributed by atoms with Gasteiger partial charge in [-0.3, -0.25) is 4.90 Å². The summed E-state index contributed by atoms with van der Waals surface area (Å²) in [7, 11) is 0. The van der Waals surface area contributed by atoms with E-state index in [0.29, 0.717) is 5.56 Å². The number of likely N-dealkylation sites (tertiary alicyclic amines) is 1. The molecule has 0 radical (unpaired) electrons. The van der Waals surface area contributed by atoms with Crippen LogP contribution in [-0.4, -0.2) is 23.5 Å². The number of hydrogen-bond acceptors (Lipinski definition) is 2. The highest BCUT2D eigenvalue weighted by Gasteiger charge is 2.36. The zero-order chi connectivity index (χ0) is 15.6. The maximum Gasteiger partial charge on any atom is 0.163 e. The fourth-order valence-electron chi connectivity index (χ4n) is 3.13. The van der Waals surface area contributed by atoms with Gasteiger partial charge >= 0.3 is 0 Å². The van der Waals surface area contributed by atoms with Crippen molar-refractivity contribution in [1.82, 2.24) is 4.90 Å². The predicted molar refractivity (Wildman–Crippen MR) is 82.1 cm³/mol. The van der Waals surface area contributed by atoms with E-state index in [0.717, 1.165) is 25.9 Å². The van der Waals surface area contributed by atoms with Crippen molar-refractivity contribution in [3.63, 3.8) is 0 Å². The molecule has 1 aliphatic rings. The average molecular weight is 296 g/mol. The molecule has 2 rings (SSSR count). The number of nitrogens with two attached hydrogens (primary N) is 1. The molecule has 0 aliphatic carbocycles. The van der Waals surface area contributed by atoms with E-state index in [9.17, 15) is 8.78 Å². The Bertz CT molecular complexity index is 492. The quantitative estimate of drug-likeness (QED) is 0.916. The van der Waals surface area contributed by atoms with E-state index in [-0.39, 0.29) is 5.56 Å². The van der Waals surface area contributed by atoms with Crippen molar-refractivity contribution in [2.75, 3.05) is 13.1 Å². The first-order valence-electron chi connectivity index (χ1n) is 7.81. The van der Waals surface area contributed by atoms with Gasteiger partial charge in [0.05, 0.1) is 6.04 Å². The number of benzene rings is 1. The van der Waals surface area contributed by atoms with Gasteiger partial charge in [0.1, 0.15) is 0 Å². The highest BCUT2D eigenvalue weighted by Crippen LogP contribution is 2.33. The first-order chi connectivity index (χ1) is 9.85. The summed E-state index contributed by atoms with van der Waals surface area (Å²) in [5, 5.41) is 0. The third-order valence-corrected chi connectivity index (χ3v) is 4.82. The second-order valence-corrected chi connectivity index (χ2v) is 6.63. The molecule has 0 aromatic heterocycles. The highest BCUT2D eigenvalue weighted by atomic mass is 19.2. The zero-order valence-electron chi connectivity index (χ0n) is 13.3. The Morgan fingerprint density at radius 1 is 1.05 bits per heavy atom. The minimum atomic E-state index is -0.801. The zero-order valence-corrected chi connectivity index (χ0v) is 13.3. The van der Waals surface area contributed by atoms with Crippen LogP contribution in [0.1, 0.15) is 56.7 Å². The van der Waals surface area contributed by atoms with Gasteiger partial charge in [-0.05, 0) is 52.3 Å². The number of nitrogens with zero attached hydrogens (tertiary/aromatic N) is 1. The molecule has 21 heavy (non-hydrogen) atoms. The molecule has 118 valence electrons. The summed E-state index contributed by atoms with van der Waals surface area (Å²) >= 11 is 0. The minimum Gasteiger partial charge on any atom is -0.322 e. The standard InChI is InChI=1S/C17H26F2N2/c1-12-8-9-13(15(19)14(12)18)16(20)17(2,3)21-10-6-4-5-7-11-21/h8-9,16H,4-7,10-11,20H2,1-3H3. The molecule has 1 aromatic carbocycles.